The quantitative estimate of drug-likeness (QED) is 0.276. The molecule has 1 saturated heterocycles. The Kier molecular flexibility index (Phi) is 10.3. The number of carbonyl (C=O) groups is 1. The minimum absolute atomic E-state index is 0.152. The first kappa shape index (κ1) is 24.1. The molecule has 114 valence electrons. The maximum Gasteiger partial charge on any atom is 0.320 e. The summed E-state index contributed by atoms with van der Waals surface area (Å²) in [5.41, 5.74) is 5.62. The van der Waals surface area contributed by atoms with Crippen molar-refractivity contribution in [3.8, 4) is 6.07 Å². The van der Waals surface area contributed by atoms with Crippen LogP contribution in [-0.4, -0.2) is 119 Å². The number of carboxylic acid groups (broad SMARTS) is 1. The third-order valence-corrected chi connectivity index (χ3v) is 7.85. The van der Waals surface area contributed by atoms with Crippen LogP contribution in [0.25, 0.3) is 0 Å². The van der Waals surface area contributed by atoms with Crippen molar-refractivity contribution in [1.82, 2.24) is 0 Å². The molecule has 0 aromatic heterocycles. The maximum absolute atomic E-state index is 10.9. The Labute approximate surface area is 170 Å². The van der Waals surface area contributed by atoms with Gasteiger partial charge in [-0.05, 0) is 17.2 Å². The highest BCUT2D eigenvalue weighted by molar-refractivity contribution is 8.10. The highest BCUT2D eigenvalue weighted by Crippen LogP contribution is 2.35. The average molecular weight is 345 g/mol. The average Bonchev–Trinajstić information content (AvgIpc) is 3.30. The summed E-state index contributed by atoms with van der Waals surface area (Å²) < 4.78 is 0. The van der Waals surface area contributed by atoms with E-state index in [0.29, 0.717) is 24.3 Å². The topological polar surface area (TPSA) is 87.1 Å². The lowest BCUT2D eigenvalue weighted by atomic mass is 8.50. The zero-order valence-electron chi connectivity index (χ0n) is 14.9. The van der Waals surface area contributed by atoms with Crippen LogP contribution in [0, 0.1) is 11.3 Å². The van der Waals surface area contributed by atoms with Gasteiger partial charge in [-0.25, -0.2) is 0 Å². The highest BCUT2D eigenvalue weighted by Gasteiger charge is 2.59. The lowest BCUT2D eigenvalue weighted by Crippen LogP contribution is -2.70. The molecular formula is C9H15B12N2O2S+. The van der Waals surface area contributed by atoms with Crippen molar-refractivity contribution in [3.05, 3.63) is 0 Å². The van der Waals surface area contributed by atoms with Crippen LogP contribution in [0.15, 0.2) is 0 Å². The van der Waals surface area contributed by atoms with Gasteiger partial charge in [0.05, 0.1) is 17.6 Å². The van der Waals surface area contributed by atoms with Crippen LogP contribution in [0.2, 0.25) is 6.32 Å². The van der Waals surface area contributed by atoms with E-state index in [4.69, 9.17) is 62.5 Å². The number of hydrogen-bond acceptors (Lipinski definition) is 3. The Balaban J connectivity index is 2.84. The third-order valence-electron chi connectivity index (χ3n) is 4.96. The minimum Gasteiger partial charge on any atom is -0.480 e. The third kappa shape index (κ3) is 6.89. The van der Waals surface area contributed by atoms with E-state index in [1.807, 2.05) is 0 Å². The first-order valence-corrected chi connectivity index (χ1v) is 10.3. The molecule has 0 aliphatic carbocycles. The molecule has 1 heterocycles. The maximum atomic E-state index is 10.9. The number of carboxylic acids is 1. The second-order valence-electron chi connectivity index (χ2n) is 6.91. The first-order valence-electron chi connectivity index (χ1n) is 8.66. The molecule has 0 saturated carbocycles. The van der Waals surface area contributed by atoms with Gasteiger partial charge in [-0.1, -0.05) is 0 Å². The van der Waals surface area contributed by atoms with Crippen molar-refractivity contribution < 1.29 is 9.90 Å². The van der Waals surface area contributed by atoms with E-state index in [2.05, 4.69) is 6.07 Å². The van der Waals surface area contributed by atoms with E-state index in [1.54, 1.807) is 0 Å². The molecular weight excluding hydrogens is 330 g/mol. The largest absolute Gasteiger partial charge is 0.480 e. The smallest absolute Gasteiger partial charge is 0.320 e. The molecule has 17 heteroatoms. The molecule has 1 rings (SSSR count). The lowest BCUT2D eigenvalue weighted by molar-refractivity contribution is -0.138. The lowest BCUT2D eigenvalue weighted by Gasteiger charge is -2.31. The second-order valence-corrected chi connectivity index (χ2v) is 9.41. The van der Waals surface area contributed by atoms with Crippen LogP contribution >= 0.6 is 0 Å². The molecule has 0 amide bonds. The molecule has 1 aliphatic heterocycles. The molecule has 3 atom stereocenters. The highest BCUT2D eigenvalue weighted by atomic mass is 32.2. The van der Waals surface area contributed by atoms with Gasteiger partial charge >= 0.3 is 5.97 Å². The molecule has 12 radical (unpaired) electrons. The molecule has 1 fully saturated rings. The molecule has 2 unspecified atom stereocenters. The summed E-state index contributed by atoms with van der Waals surface area (Å²) in [6.07, 6.45) is -1.16. The fraction of sp³-hybridized carbons (Fsp3) is 0.778. The predicted octanol–water partition coefficient (Wildman–Crippen LogP) is -4.41. The zero-order valence-corrected chi connectivity index (χ0v) is 15.7. The Morgan fingerprint density at radius 2 is 1.81 bits per heavy atom. The van der Waals surface area contributed by atoms with Crippen molar-refractivity contribution in [3.63, 3.8) is 0 Å². The molecule has 1 aliphatic rings. The standard InChI is InChI=1S/C9H14B12N2O2S/c10-17(11)20(21(18(12)13)19(14)15)16-6-8(16)26(4-1-3-22)5-2-7(23)9(24)25/h7-8H,1-2,4-6,23H2/p+1/t7-,8?,26?/m1/s1. The summed E-state index contributed by atoms with van der Waals surface area (Å²) in [7, 11) is 35.3. The van der Waals surface area contributed by atoms with Crippen LogP contribution in [0.4, 0.5) is 0 Å². The van der Waals surface area contributed by atoms with Crippen LogP contribution in [0.1, 0.15) is 12.8 Å². The summed E-state index contributed by atoms with van der Waals surface area (Å²) in [4.78, 5) is 10.9. The van der Waals surface area contributed by atoms with E-state index in [1.165, 1.54) is 0 Å². The number of nitrogens with two attached hydrogens (primary N) is 1. The van der Waals surface area contributed by atoms with E-state index < -0.39 is 37.6 Å². The van der Waals surface area contributed by atoms with Gasteiger partial charge < -0.3 is 10.8 Å². The predicted molar refractivity (Wildman–Crippen MR) is 125 cm³/mol. The van der Waals surface area contributed by atoms with Crippen LogP contribution in [0.3, 0.4) is 0 Å². The monoisotopic (exact) mass is 347 g/mol. The van der Waals surface area contributed by atoms with Gasteiger partial charge in [0.15, 0.2) is 6.60 Å². The summed E-state index contributed by atoms with van der Waals surface area (Å²) in [5, 5.41) is 18.2. The number of aliphatic carboxylic acids is 1. The normalized spacial score (nSPS) is 17.5. The van der Waals surface area contributed by atoms with E-state index in [9.17, 15) is 4.79 Å². The van der Waals surface area contributed by atoms with Crippen LogP contribution in [0.5, 0.6) is 0 Å². The van der Waals surface area contributed by atoms with Gasteiger partial charge in [0, 0.05) is 84.8 Å². The zero-order chi connectivity index (χ0) is 20.0. The van der Waals surface area contributed by atoms with E-state index in [0.717, 1.165) is 6.32 Å². The molecule has 0 spiro atoms. The van der Waals surface area contributed by atoms with Crippen LogP contribution < -0.4 is 5.73 Å². The van der Waals surface area contributed by atoms with Gasteiger partial charge in [-0.3, -0.25) is 4.79 Å². The van der Waals surface area contributed by atoms with Crippen LogP contribution in [-0.2, 0) is 15.7 Å². The van der Waals surface area contributed by atoms with E-state index in [-0.39, 0.29) is 29.0 Å². The molecule has 0 bridgehead atoms. The van der Waals surface area contributed by atoms with Crippen molar-refractivity contribution in [2.75, 3.05) is 11.5 Å². The SMILES string of the molecule is [B]B([B])B(B([B])[B])B(B([B])[B])B1CC1[S+](CCC#N)CC[C@@H](N)C(=O)O. The van der Waals surface area contributed by atoms with Gasteiger partial charge in [-0.2, -0.15) is 5.26 Å². The second kappa shape index (κ2) is 11.1. The van der Waals surface area contributed by atoms with Crippen molar-refractivity contribution >= 4 is 102 Å². The van der Waals surface area contributed by atoms with Crippen molar-refractivity contribution in [1.29, 1.82) is 5.26 Å². The molecule has 3 N–H and O–H groups in total. The van der Waals surface area contributed by atoms with E-state index >= 15 is 0 Å². The fourth-order valence-corrected chi connectivity index (χ4v) is 6.45. The summed E-state index contributed by atoms with van der Waals surface area (Å²) >= 11 is 0. The molecule has 4 nitrogen and oxygen atoms in total. The van der Waals surface area contributed by atoms with Crippen molar-refractivity contribution in [2.45, 2.75) is 30.4 Å². The summed E-state index contributed by atoms with van der Waals surface area (Å²) in [6, 6.07) is 1.24. The Morgan fingerprint density at radius 3 is 2.23 bits per heavy atom. The number of nitriles is 1. The first-order chi connectivity index (χ1) is 12.1. The number of rotatable bonds is 12. The molecule has 0 aromatic rings. The summed E-state index contributed by atoms with van der Waals surface area (Å²) in [6.45, 7) is 0.160. The Morgan fingerprint density at radius 1 is 1.23 bits per heavy atom. The Hall–Kier alpha value is 0.0492. The fourth-order valence-electron chi connectivity index (χ4n) is 3.56. The van der Waals surface area contributed by atoms with Gasteiger partial charge in [-0.15, -0.1) is 0 Å². The number of nitrogens with zero attached hydrogens (tertiary/aromatic N) is 1. The minimum atomic E-state index is -1.02. The summed E-state index contributed by atoms with van der Waals surface area (Å²) in [5.74, 6) is 0.327. The number of hydrogen-bond donors (Lipinski definition) is 2. The Bertz CT molecular complexity index is 500. The van der Waals surface area contributed by atoms with Gasteiger partial charge in [0.2, 0.25) is 0 Å². The molecule has 0 aromatic carbocycles. The van der Waals surface area contributed by atoms with Crippen molar-refractivity contribution in [2.24, 2.45) is 5.73 Å². The van der Waals surface area contributed by atoms with Gasteiger partial charge in [0.25, 0.3) is 0 Å². The van der Waals surface area contributed by atoms with Gasteiger partial charge in [0.1, 0.15) is 17.5 Å². The molecule has 26 heavy (non-hydrogen) atoms.